The van der Waals surface area contributed by atoms with E-state index in [-0.39, 0.29) is 0 Å². The minimum absolute atomic E-state index is 0.574. The summed E-state index contributed by atoms with van der Waals surface area (Å²) in [6.45, 7) is 0. The van der Waals surface area contributed by atoms with Gasteiger partial charge in [-0.05, 0) is 107 Å². The Morgan fingerprint density at radius 2 is 0.788 bits per heavy atom. The third-order valence-corrected chi connectivity index (χ3v) is 13.7. The molecule has 0 saturated carbocycles. The number of hydrogen-bond donors (Lipinski definition) is 0. The predicted octanol–water partition coefficient (Wildman–Crippen LogP) is 16.9. The normalized spacial score (nSPS) is 13.1. The molecule has 0 atom stereocenters. The topological polar surface area (TPSA) is 42.0 Å². The van der Waals surface area contributed by atoms with Gasteiger partial charge < -0.3 is 23.4 Å². The quantitative estimate of drug-likeness (QED) is 0.167. The maximum absolute atomic E-state index is 7.08. The highest BCUT2D eigenvalue weighted by molar-refractivity contribution is 6.16. The molecule has 1 spiro atoms. The van der Waals surface area contributed by atoms with E-state index in [0.29, 0.717) is 0 Å². The summed E-state index contributed by atoms with van der Waals surface area (Å²) in [6.07, 6.45) is 0. The van der Waals surface area contributed by atoms with Gasteiger partial charge in [0.25, 0.3) is 0 Å². The van der Waals surface area contributed by atoms with Crippen molar-refractivity contribution < 1.29 is 13.6 Å². The van der Waals surface area contributed by atoms with Gasteiger partial charge in [0.1, 0.15) is 33.8 Å². The summed E-state index contributed by atoms with van der Waals surface area (Å²) in [5, 5.41) is 4.11. The Morgan fingerprint density at radius 3 is 1.47 bits per heavy atom. The van der Waals surface area contributed by atoms with E-state index < -0.39 is 5.41 Å². The lowest BCUT2D eigenvalue weighted by atomic mass is 9.66. The van der Waals surface area contributed by atoms with Crippen LogP contribution in [0.3, 0.4) is 0 Å². The molecule has 310 valence electrons. The largest absolute Gasteiger partial charge is 0.457 e. The van der Waals surface area contributed by atoms with Gasteiger partial charge in [-0.3, -0.25) is 0 Å². The summed E-state index contributed by atoms with van der Waals surface area (Å²) >= 11 is 0. The highest BCUT2D eigenvalue weighted by Gasteiger charge is 2.51. The number of para-hydroxylation sites is 4. The molecule has 5 heteroatoms. The molecule has 10 aromatic carbocycles. The molecule has 0 radical (unpaired) electrons. The first kappa shape index (κ1) is 36.7. The zero-order valence-electron chi connectivity index (χ0n) is 35.6. The van der Waals surface area contributed by atoms with Crippen LogP contribution in [-0.2, 0) is 5.41 Å². The summed E-state index contributed by atoms with van der Waals surface area (Å²) in [7, 11) is 0. The van der Waals surface area contributed by atoms with Crippen LogP contribution in [0, 0.1) is 0 Å². The molecule has 5 nitrogen and oxygen atoms in total. The number of fused-ring (bicyclic) bond motifs is 15. The van der Waals surface area contributed by atoms with E-state index in [4.69, 9.17) is 13.6 Å². The van der Waals surface area contributed by atoms with Crippen LogP contribution in [0.15, 0.2) is 239 Å². The average molecular weight is 847 g/mol. The second-order valence-corrected chi connectivity index (χ2v) is 17.1. The highest BCUT2D eigenvalue weighted by Crippen LogP contribution is 2.62. The van der Waals surface area contributed by atoms with Crippen molar-refractivity contribution in [2.24, 2.45) is 0 Å². The Balaban J connectivity index is 1.03. The molecule has 2 aliphatic rings. The summed E-state index contributed by atoms with van der Waals surface area (Å²) in [6, 6.07) is 81.6. The van der Waals surface area contributed by atoms with Gasteiger partial charge in [-0.25, -0.2) is 0 Å². The Bertz CT molecular complexity index is 3800. The van der Waals surface area contributed by atoms with Crippen molar-refractivity contribution in [1.29, 1.82) is 0 Å². The molecule has 1 aliphatic heterocycles. The Labute approximate surface area is 380 Å². The zero-order chi connectivity index (χ0) is 43.3. The first-order valence-electron chi connectivity index (χ1n) is 22.4. The predicted molar refractivity (Wildman–Crippen MR) is 268 cm³/mol. The number of hydrogen-bond acceptors (Lipinski definition) is 5. The van der Waals surface area contributed by atoms with Crippen molar-refractivity contribution >= 4 is 78.0 Å². The number of ether oxygens (including phenoxy) is 1. The van der Waals surface area contributed by atoms with E-state index in [2.05, 4.69) is 228 Å². The maximum atomic E-state index is 7.08. The van der Waals surface area contributed by atoms with E-state index in [0.717, 1.165) is 101 Å². The van der Waals surface area contributed by atoms with Crippen molar-refractivity contribution in [2.75, 3.05) is 9.80 Å². The summed E-state index contributed by atoms with van der Waals surface area (Å²) in [4.78, 5) is 4.67. The van der Waals surface area contributed by atoms with Crippen molar-refractivity contribution in [2.45, 2.75) is 5.41 Å². The van der Waals surface area contributed by atoms with Crippen molar-refractivity contribution in [1.82, 2.24) is 0 Å². The molecule has 66 heavy (non-hydrogen) atoms. The fourth-order valence-corrected chi connectivity index (χ4v) is 11.1. The van der Waals surface area contributed by atoms with Crippen molar-refractivity contribution in [3.05, 3.63) is 253 Å². The van der Waals surface area contributed by atoms with Gasteiger partial charge in [-0.15, -0.1) is 0 Å². The molecular weight excluding hydrogens is 809 g/mol. The van der Waals surface area contributed by atoms with Gasteiger partial charge in [0.05, 0.1) is 27.6 Å². The van der Waals surface area contributed by atoms with Crippen LogP contribution in [0.4, 0.5) is 34.1 Å². The Kier molecular flexibility index (Phi) is 7.83. The summed E-state index contributed by atoms with van der Waals surface area (Å²) in [5.74, 6) is 1.66. The minimum atomic E-state index is -0.574. The van der Waals surface area contributed by atoms with Crippen LogP contribution in [0.5, 0.6) is 11.5 Å². The third-order valence-electron chi connectivity index (χ3n) is 13.7. The number of anilines is 6. The van der Waals surface area contributed by atoms with Crippen molar-refractivity contribution in [3.63, 3.8) is 0 Å². The first-order chi connectivity index (χ1) is 32.7. The van der Waals surface area contributed by atoms with E-state index >= 15 is 0 Å². The van der Waals surface area contributed by atoms with Crippen LogP contribution in [0.25, 0.3) is 55.0 Å². The molecule has 2 aromatic heterocycles. The van der Waals surface area contributed by atoms with Crippen molar-refractivity contribution in [3.8, 4) is 22.6 Å². The van der Waals surface area contributed by atoms with Gasteiger partial charge in [-0.2, -0.15) is 0 Å². The second kappa shape index (κ2) is 14.1. The fraction of sp³-hybridized carbons (Fsp3) is 0.0164. The summed E-state index contributed by atoms with van der Waals surface area (Å²) < 4.78 is 20.3. The number of rotatable bonds is 6. The van der Waals surface area contributed by atoms with Gasteiger partial charge in [0.2, 0.25) is 0 Å². The number of furan rings is 2. The molecule has 0 saturated heterocycles. The highest BCUT2D eigenvalue weighted by atomic mass is 16.5. The molecule has 14 rings (SSSR count). The molecule has 0 fully saturated rings. The van der Waals surface area contributed by atoms with E-state index in [1.165, 1.54) is 22.3 Å². The first-order valence-corrected chi connectivity index (χ1v) is 22.4. The molecule has 1 aliphatic carbocycles. The molecule has 0 N–H and O–H groups in total. The smallest absolute Gasteiger partial charge is 0.137 e. The van der Waals surface area contributed by atoms with E-state index in [9.17, 15) is 0 Å². The maximum Gasteiger partial charge on any atom is 0.137 e. The lowest BCUT2D eigenvalue weighted by molar-refractivity contribution is 0.436. The van der Waals surface area contributed by atoms with Gasteiger partial charge in [-0.1, -0.05) is 140 Å². The molecular formula is C61H38N2O3. The molecule has 0 bridgehead atoms. The second-order valence-electron chi connectivity index (χ2n) is 17.1. The van der Waals surface area contributed by atoms with Crippen LogP contribution in [0.1, 0.15) is 22.3 Å². The number of nitrogens with zero attached hydrogens (tertiary/aromatic N) is 2. The Hall–Kier alpha value is -8.80. The SMILES string of the molecule is c1ccc(N(c2ccccc2)c2cccc3oc4ccc(N(c5ccc6c(c5)Oc5ccccc5C65c6ccccc6-c6ccccc65)c5cccc6oc7ccccc7c56)cc4c23)cc1. The molecule has 0 amide bonds. The molecule has 12 aromatic rings. The van der Waals surface area contributed by atoms with Crippen LogP contribution < -0.4 is 14.5 Å². The third kappa shape index (κ3) is 5.16. The van der Waals surface area contributed by atoms with Gasteiger partial charge in [0, 0.05) is 50.7 Å². The van der Waals surface area contributed by atoms with E-state index in [1.54, 1.807) is 0 Å². The standard InChI is InChI=1S/C61H38N2O3/c1-3-17-39(18-4-1)62(40-19-5-2-6-20-40)52-28-16-32-57-60(52)46-37-41(34-36-54(46)65-57)63(51-27-15-31-56-59(51)45-23-9-13-29-53(45)64-56)42-33-35-50-58(38-42)66-55-30-14-12-26-49(55)61(50)47-24-10-7-21-43(47)44-22-8-11-25-48(44)61/h1-38H. The minimum Gasteiger partial charge on any atom is -0.457 e. The van der Waals surface area contributed by atoms with Gasteiger partial charge >= 0.3 is 0 Å². The monoisotopic (exact) mass is 846 g/mol. The van der Waals surface area contributed by atoms with Crippen LogP contribution in [-0.4, -0.2) is 0 Å². The van der Waals surface area contributed by atoms with Crippen LogP contribution >= 0.6 is 0 Å². The zero-order valence-corrected chi connectivity index (χ0v) is 35.6. The Morgan fingerprint density at radius 1 is 0.303 bits per heavy atom. The van der Waals surface area contributed by atoms with Crippen LogP contribution in [0.2, 0.25) is 0 Å². The van der Waals surface area contributed by atoms with Gasteiger partial charge in [0.15, 0.2) is 0 Å². The van der Waals surface area contributed by atoms with E-state index in [1.807, 2.05) is 12.1 Å². The summed E-state index contributed by atoms with van der Waals surface area (Å²) in [5.41, 5.74) is 16.0. The average Bonchev–Trinajstić information content (AvgIpc) is 4.04. The lowest BCUT2D eigenvalue weighted by Gasteiger charge is -2.40. The fourth-order valence-electron chi connectivity index (χ4n) is 11.1. The molecule has 0 unspecified atom stereocenters. The lowest BCUT2D eigenvalue weighted by Crippen LogP contribution is -2.32. The molecule has 3 heterocycles. The number of benzene rings is 10.